The van der Waals surface area contributed by atoms with E-state index in [1.165, 1.54) is 27.8 Å². The van der Waals surface area contributed by atoms with Crippen LogP contribution in [-0.2, 0) is 0 Å². The maximum Gasteiger partial charge on any atom is 0.141 e. The van der Waals surface area contributed by atoms with Gasteiger partial charge in [-0.25, -0.2) is 9.98 Å². The highest BCUT2D eigenvalue weighted by atomic mass is 35.5. The molecule has 4 aromatic carbocycles. The number of aryl methyl sites for hydroxylation is 4. The zero-order valence-corrected chi connectivity index (χ0v) is 36.7. The van der Waals surface area contributed by atoms with Gasteiger partial charge in [-0.1, -0.05) is 148 Å². The molecule has 0 radical (unpaired) electrons. The summed E-state index contributed by atoms with van der Waals surface area (Å²) in [6.45, 7) is 23.6. The quantitative estimate of drug-likeness (QED) is 0.0804. The van der Waals surface area contributed by atoms with Crippen molar-refractivity contribution in [3.05, 3.63) is 123 Å². The number of nitrogens with zero attached hydrogens (tertiary/aromatic N) is 4. The summed E-state index contributed by atoms with van der Waals surface area (Å²) in [7, 11) is 0. The first-order valence-electron chi connectivity index (χ1n) is 18.1. The third-order valence-electron chi connectivity index (χ3n) is 9.85. The Bertz CT molecular complexity index is 2000. The lowest BCUT2D eigenvalue weighted by atomic mass is 9.91. The van der Waals surface area contributed by atoms with Crippen LogP contribution in [0.1, 0.15) is 116 Å². The molecular weight excluding hydrogens is 785 g/mol. The number of halogens is 6. The summed E-state index contributed by atoms with van der Waals surface area (Å²) in [5.41, 5.74) is 11.2. The zero-order valence-electron chi connectivity index (χ0n) is 32.2. The Balaban J connectivity index is 1.79. The second-order valence-electron chi connectivity index (χ2n) is 15.0. The van der Waals surface area contributed by atoms with Crippen molar-refractivity contribution in [1.29, 1.82) is 0 Å². The number of rotatable bonds is 7. The van der Waals surface area contributed by atoms with E-state index in [0.29, 0.717) is 41.2 Å². The van der Waals surface area contributed by atoms with Crippen LogP contribution < -0.4 is 0 Å². The van der Waals surface area contributed by atoms with Crippen molar-refractivity contribution < 1.29 is 0 Å². The predicted octanol–water partition coefficient (Wildman–Crippen LogP) is 15.0. The van der Waals surface area contributed by atoms with Gasteiger partial charge in [0.1, 0.15) is 11.7 Å². The fraction of sp³-hybridized carbons (Fsp3) is 0.395. The Hall–Kier alpha value is -2.44. The molecule has 0 bridgehead atoms. The van der Waals surface area contributed by atoms with Crippen LogP contribution in [0.15, 0.2) is 52.4 Å². The topological polar surface area (TPSA) is 31.2 Å². The van der Waals surface area contributed by atoms with Crippen molar-refractivity contribution >= 4 is 92.7 Å². The van der Waals surface area contributed by atoms with Crippen LogP contribution in [-0.4, -0.2) is 41.2 Å². The Morgan fingerprint density at radius 2 is 1.04 bits per heavy atom. The van der Waals surface area contributed by atoms with Crippen molar-refractivity contribution in [1.82, 2.24) is 9.80 Å². The lowest BCUT2D eigenvalue weighted by molar-refractivity contribution is 0.214. The Morgan fingerprint density at radius 1 is 0.566 bits per heavy atom. The third-order valence-corrected chi connectivity index (χ3v) is 12.4. The minimum atomic E-state index is 0.0891. The van der Waals surface area contributed by atoms with E-state index < -0.39 is 0 Å². The number of hydrogen-bond donors (Lipinski definition) is 0. The molecule has 53 heavy (non-hydrogen) atoms. The normalized spacial score (nSPS) is 14.4. The van der Waals surface area contributed by atoms with E-state index in [1.54, 1.807) is 0 Å². The zero-order chi connectivity index (χ0) is 39.0. The van der Waals surface area contributed by atoms with Crippen molar-refractivity contribution in [2.75, 3.05) is 19.8 Å². The van der Waals surface area contributed by atoms with Gasteiger partial charge in [-0.05, 0) is 96.9 Å². The third kappa shape index (κ3) is 8.69. The maximum atomic E-state index is 7.00. The fourth-order valence-corrected chi connectivity index (χ4v) is 8.77. The van der Waals surface area contributed by atoms with Crippen LogP contribution >= 0.6 is 69.6 Å². The SMILES string of the molecule is Cc1cc(C)c(N=C(c2c(Cl)c(Cl)c(Cl)c(Cl)c2Cl)N2CCCN(C(=Nc3c(C(C)C)cccc3C(C)C)c3c(C)cc(C(C)C)cc3C)C2)c(Cl)c1. The molecule has 1 aliphatic rings. The van der Waals surface area contributed by atoms with E-state index in [4.69, 9.17) is 79.6 Å². The van der Waals surface area contributed by atoms with Crippen LogP contribution in [0.25, 0.3) is 0 Å². The smallest absolute Gasteiger partial charge is 0.141 e. The molecule has 1 saturated heterocycles. The highest BCUT2D eigenvalue weighted by Gasteiger charge is 2.32. The van der Waals surface area contributed by atoms with Crippen molar-refractivity contribution in [2.24, 2.45) is 9.98 Å². The second-order valence-corrected chi connectivity index (χ2v) is 17.3. The Morgan fingerprint density at radius 3 is 1.51 bits per heavy atom. The monoisotopic (exact) mass is 830 g/mol. The van der Waals surface area contributed by atoms with E-state index in [9.17, 15) is 0 Å². The molecule has 0 spiro atoms. The predicted molar refractivity (Wildman–Crippen MR) is 232 cm³/mol. The average Bonchev–Trinajstić information content (AvgIpc) is 3.09. The average molecular weight is 834 g/mol. The first-order chi connectivity index (χ1) is 24.9. The highest BCUT2D eigenvalue weighted by Crippen LogP contribution is 2.46. The van der Waals surface area contributed by atoms with E-state index in [0.717, 1.165) is 41.2 Å². The summed E-state index contributed by atoms with van der Waals surface area (Å²) in [6.07, 6.45) is 0.800. The maximum absolute atomic E-state index is 7.00. The first kappa shape index (κ1) is 41.7. The molecule has 1 heterocycles. The number of hydrogen-bond acceptors (Lipinski definition) is 2. The van der Waals surface area contributed by atoms with Crippen molar-refractivity contribution in [3.63, 3.8) is 0 Å². The molecule has 0 saturated carbocycles. The Kier molecular flexibility index (Phi) is 13.5. The van der Waals surface area contributed by atoms with Crippen LogP contribution in [0, 0.1) is 27.7 Å². The molecule has 0 aliphatic carbocycles. The number of benzene rings is 4. The molecule has 4 nitrogen and oxygen atoms in total. The number of amidine groups is 2. The van der Waals surface area contributed by atoms with Gasteiger partial charge in [0.15, 0.2) is 0 Å². The summed E-state index contributed by atoms with van der Waals surface area (Å²) in [4.78, 5) is 15.4. The minimum Gasteiger partial charge on any atom is -0.338 e. The molecule has 10 heteroatoms. The summed E-state index contributed by atoms with van der Waals surface area (Å²) < 4.78 is 0. The second kappa shape index (κ2) is 17.1. The van der Waals surface area contributed by atoms with Crippen LogP contribution in [0.4, 0.5) is 11.4 Å². The van der Waals surface area contributed by atoms with Gasteiger partial charge in [-0.15, -0.1) is 0 Å². The van der Waals surface area contributed by atoms with Gasteiger partial charge >= 0.3 is 0 Å². The summed E-state index contributed by atoms with van der Waals surface area (Å²) in [5, 5.41) is 1.15. The van der Waals surface area contributed by atoms with Gasteiger partial charge in [-0.2, -0.15) is 0 Å². The summed E-state index contributed by atoms with van der Waals surface area (Å²) >= 11 is 40.8. The van der Waals surface area contributed by atoms with Crippen LogP contribution in [0.5, 0.6) is 0 Å². The molecule has 4 aromatic rings. The van der Waals surface area contributed by atoms with Gasteiger partial charge < -0.3 is 9.80 Å². The lowest BCUT2D eigenvalue weighted by Gasteiger charge is -2.40. The highest BCUT2D eigenvalue weighted by molar-refractivity contribution is 6.56. The molecule has 0 atom stereocenters. The Labute approximate surface area is 346 Å². The largest absolute Gasteiger partial charge is 0.338 e. The summed E-state index contributed by atoms with van der Waals surface area (Å²) in [6, 6.07) is 15.1. The number of aliphatic imine (C=N–C) groups is 2. The van der Waals surface area contributed by atoms with Gasteiger partial charge in [0.25, 0.3) is 0 Å². The van der Waals surface area contributed by atoms with E-state index in [-0.39, 0.29) is 36.9 Å². The van der Waals surface area contributed by atoms with Gasteiger partial charge in [-0.3, -0.25) is 0 Å². The summed E-state index contributed by atoms with van der Waals surface area (Å²) in [5.74, 6) is 2.35. The molecule has 1 fully saturated rings. The molecule has 0 aromatic heterocycles. The van der Waals surface area contributed by atoms with Gasteiger partial charge in [0.2, 0.25) is 0 Å². The molecule has 282 valence electrons. The minimum absolute atomic E-state index is 0.0891. The van der Waals surface area contributed by atoms with E-state index in [1.807, 2.05) is 26.0 Å². The van der Waals surface area contributed by atoms with Gasteiger partial charge in [0.05, 0.1) is 53.7 Å². The molecular formula is C43H48Cl6N4. The molecule has 1 aliphatic heterocycles. The number of para-hydroxylation sites is 1. The van der Waals surface area contributed by atoms with Crippen LogP contribution in [0.2, 0.25) is 30.1 Å². The van der Waals surface area contributed by atoms with Gasteiger partial charge in [0, 0.05) is 18.7 Å². The van der Waals surface area contributed by atoms with E-state index in [2.05, 4.69) is 95.5 Å². The molecule has 0 N–H and O–H groups in total. The van der Waals surface area contributed by atoms with E-state index >= 15 is 0 Å². The van der Waals surface area contributed by atoms with Crippen LogP contribution in [0.3, 0.4) is 0 Å². The molecule has 0 amide bonds. The van der Waals surface area contributed by atoms with Crippen molar-refractivity contribution in [2.45, 2.75) is 93.4 Å². The van der Waals surface area contributed by atoms with Crippen molar-refractivity contribution in [3.8, 4) is 0 Å². The first-order valence-corrected chi connectivity index (χ1v) is 20.4. The fourth-order valence-electron chi connectivity index (χ4n) is 7.10. The standard InChI is InChI=1S/C43H48Cl6N4/c1-22(2)29-19-26(8)33(27(9)20-29)42(51-41-30(23(3)4)13-11-14-31(41)24(5)6)52-15-12-16-53(21-52)43(50-40-28(10)17-25(7)18-32(40)44)34-35(45)37(47)39(49)38(48)36(34)46/h11,13-14,17-20,22-24H,12,15-16,21H2,1-10H3. The molecule has 5 rings (SSSR count). The lowest BCUT2D eigenvalue weighted by Crippen LogP contribution is -2.50. The molecule has 0 unspecified atom stereocenters.